The van der Waals surface area contributed by atoms with Gasteiger partial charge in [0.2, 0.25) is 11.8 Å². The number of halogens is 2. The fourth-order valence-electron chi connectivity index (χ4n) is 4.79. The average molecular weight is 546 g/mol. The van der Waals surface area contributed by atoms with Crippen LogP contribution in [0.4, 0.5) is 16.0 Å². The van der Waals surface area contributed by atoms with Crippen molar-refractivity contribution in [2.75, 3.05) is 31.0 Å². The molecule has 2 aromatic heterocycles. The summed E-state index contributed by atoms with van der Waals surface area (Å²) in [5, 5.41) is 9.22. The van der Waals surface area contributed by atoms with E-state index >= 15 is 4.39 Å². The number of hydrogen-bond donors (Lipinski definition) is 0. The first-order valence-corrected chi connectivity index (χ1v) is 12.5. The number of methoxy groups -OCH3 is 1. The van der Waals surface area contributed by atoms with E-state index in [0.717, 1.165) is 0 Å². The topological polar surface area (TPSA) is 100 Å². The molecule has 1 aliphatic rings. The molecule has 9 nitrogen and oxygen atoms in total. The van der Waals surface area contributed by atoms with Crippen LogP contribution in [0.3, 0.4) is 0 Å². The second-order valence-electron chi connectivity index (χ2n) is 9.50. The van der Waals surface area contributed by atoms with Gasteiger partial charge in [-0.05, 0) is 43.7 Å². The van der Waals surface area contributed by atoms with Gasteiger partial charge in [0.1, 0.15) is 11.9 Å². The maximum Gasteiger partial charge on any atom is 0.279 e. The van der Waals surface area contributed by atoms with E-state index < -0.39 is 17.8 Å². The van der Waals surface area contributed by atoms with Gasteiger partial charge in [-0.25, -0.2) is 14.4 Å². The second-order valence-corrected chi connectivity index (χ2v) is 9.91. The lowest BCUT2D eigenvalue weighted by atomic mass is 10.0. The lowest BCUT2D eigenvalue weighted by Crippen LogP contribution is -2.31. The Morgan fingerprint density at radius 1 is 1.15 bits per heavy atom. The van der Waals surface area contributed by atoms with Crippen LogP contribution in [0.25, 0.3) is 11.4 Å². The van der Waals surface area contributed by atoms with Gasteiger partial charge in [0.25, 0.3) is 5.91 Å². The van der Waals surface area contributed by atoms with E-state index in [0.29, 0.717) is 40.0 Å². The van der Waals surface area contributed by atoms with Crippen LogP contribution in [0.1, 0.15) is 53.2 Å². The van der Waals surface area contributed by atoms with Gasteiger partial charge >= 0.3 is 0 Å². The molecule has 0 spiro atoms. The molecular weight excluding hydrogens is 521 g/mol. The van der Waals surface area contributed by atoms with E-state index in [-0.39, 0.29) is 22.4 Å². The van der Waals surface area contributed by atoms with Crippen LogP contribution in [0.5, 0.6) is 5.88 Å². The molecule has 0 saturated heterocycles. The van der Waals surface area contributed by atoms with Gasteiger partial charge in [0.05, 0.1) is 40.7 Å². The predicted octanol–water partition coefficient (Wildman–Crippen LogP) is 5.41. The highest BCUT2D eigenvalue weighted by atomic mass is 35.5. The summed E-state index contributed by atoms with van der Waals surface area (Å²) in [6.45, 7) is 3.94. The number of amides is 1. The fraction of sp³-hybridized carbons (Fsp3) is 0.250. The molecule has 0 fully saturated rings. The third-order valence-corrected chi connectivity index (χ3v) is 6.82. The quantitative estimate of drug-likeness (QED) is 0.319. The van der Waals surface area contributed by atoms with Gasteiger partial charge in [0.15, 0.2) is 11.5 Å². The van der Waals surface area contributed by atoms with Crippen molar-refractivity contribution >= 4 is 29.1 Å². The zero-order valence-electron chi connectivity index (χ0n) is 22.0. The van der Waals surface area contributed by atoms with Gasteiger partial charge < -0.3 is 14.2 Å². The third kappa shape index (κ3) is 4.25. The summed E-state index contributed by atoms with van der Waals surface area (Å²) >= 11 is 6.11. The molecule has 1 amide bonds. The van der Waals surface area contributed by atoms with Crippen molar-refractivity contribution in [3.05, 3.63) is 82.0 Å². The van der Waals surface area contributed by atoms with Crippen molar-refractivity contribution < 1.29 is 13.9 Å². The van der Waals surface area contributed by atoms with Gasteiger partial charge in [-0.3, -0.25) is 9.69 Å². The molecular formula is C28H25ClFN7O2. The van der Waals surface area contributed by atoms with E-state index in [1.54, 1.807) is 41.4 Å². The van der Waals surface area contributed by atoms with Crippen molar-refractivity contribution in [3.63, 3.8) is 0 Å². The molecule has 0 N–H and O–H groups in total. The van der Waals surface area contributed by atoms with Gasteiger partial charge in [-0.2, -0.15) is 10.2 Å². The Labute approximate surface area is 230 Å². The SMILES string of the molecule is COc1nc(N(C)C)ncc1-c1nc2c(n1C(C)C)C(c1ccc(C#N)cc1)N(c1cccc(Cl)c1F)C2=O. The summed E-state index contributed by atoms with van der Waals surface area (Å²) in [6, 6.07) is 12.6. The number of benzene rings is 2. The summed E-state index contributed by atoms with van der Waals surface area (Å²) in [5.41, 5.74) is 2.44. The summed E-state index contributed by atoms with van der Waals surface area (Å²) in [5.74, 6) is 0.0302. The number of carbonyl (C=O) groups excluding carboxylic acids is 1. The summed E-state index contributed by atoms with van der Waals surface area (Å²) in [4.78, 5) is 30.8. The Kier molecular flexibility index (Phi) is 6.70. The molecule has 39 heavy (non-hydrogen) atoms. The maximum atomic E-state index is 15.3. The highest BCUT2D eigenvalue weighted by Gasteiger charge is 2.46. The molecule has 0 bridgehead atoms. The van der Waals surface area contributed by atoms with E-state index in [9.17, 15) is 10.1 Å². The Hall–Kier alpha value is -4.49. The number of aromatic nitrogens is 4. The molecule has 5 rings (SSSR count). The first-order valence-electron chi connectivity index (χ1n) is 12.2. The van der Waals surface area contributed by atoms with Crippen molar-refractivity contribution in [3.8, 4) is 23.3 Å². The Bertz CT molecular complexity index is 1630. The predicted molar refractivity (Wildman–Crippen MR) is 146 cm³/mol. The third-order valence-electron chi connectivity index (χ3n) is 6.52. The number of nitrogens with zero attached hydrogens (tertiary/aromatic N) is 7. The van der Waals surface area contributed by atoms with E-state index in [2.05, 4.69) is 16.0 Å². The number of anilines is 2. The number of carbonyl (C=O) groups is 1. The standard InChI is InChI=1S/C28H25ClFN7O2/c1-15(2)36-24-22(33-25(36)18-14-32-28(35(3)4)34-26(18)39-5)27(38)37(20-8-6-7-19(29)21(20)30)23(24)17-11-9-16(13-31)10-12-17/h6-12,14-15,23H,1-5H3. The Morgan fingerprint density at radius 2 is 1.87 bits per heavy atom. The average Bonchev–Trinajstić information content (AvgIpc) is 3.45. The van der Waals surface area contributed by atoms with Crippen LogP contribution in [0.15, 0.2) is 48.7 Å². The molecule has 0 radical (unpaired) electrons. The first kappa shape index (κ1) is 26.1. The zero-order valence-corrected chi connectivity index (χ0v) is 22.7. The van der Waals surface area contributed by atoms with Crippen molar-refractivity contribution in [1.82, 2.24) is 19.5 Å². The smallest absolute Gasteiger partial charge is 0.279 e. The molecule has 11 heteroatoms. The highest BCUT2D eigenvalue weighted by molar-refractivity contribution is 6.31. The maximum absolute atomic E-state index is 15.3. The number of fused-ring (bicyclic) bond motifs is 1. The largest absolute Gasteiger partial charge is 0.480 e. The number of ether oxygens (including phenoxy) is 1. The minimum Gasteiger partial charge on any atom is -0.480 e. The highest BCUT2D eigenvalue weighted by Crippen LogP contribution is 2.46. The van der Waals surface area contributed by atoms with Gasteiger partial charge in [0, 0.05) is 26.3 Å². The van der Waals surface area contributed by atoms with Crippen LogP contribution in [-0.4, -0.2) is 46.6 Å². The monoisotopic (exact) mass is 545 g/mol. The minimum absolute atomic E-state index is 0.0352. The molecule has 1 aliphatic heterocycles. The second kappa shape index (κ2) is 10.0. The van der Waals surface area contributed by atoms with Gasteiger partial charge in [-0.15, -0.1) is 0 Å². The number of nitriles is 1. The molecule has 4 aromatic rings. The van der Waals surface area contributed by atoms with Crippen molar-refractivity contribution in [1.29, 1.82) is 5.26 Å². The molecule has 1 atom stereocenters. The van der Waals surface area contributed by atoms with E-state index in [1.807, 2.05) is 32.5 Å². The Morgan fingerprint density at radius 3 is 2.49 bits per heavy atom. The lowest BCUT2D eigenvalue weighted by Gasteiger charge is -2.29. The first-order chi connectivity index (χ1) is 18.7. The van der Waals surface area contributed by atoms with E-state index in [4.69, 9.17) is 21.3 Å². The van der Waals surface area contributed by atoms with E-state index in [1.165, 1.54) is 24.1 Å². The number of hydrogen-bond acceptors (Lipinski definition) is 7. The summed E-state index contributed by atoms with van der Waals surface area (Å²) in [7, 11) is 5.15. The molecule has 0 saturated carbocycles. The van der Waals surface area contributed by atoms with Crippen molar-refractivity contribution in [2.24, 2.45) is 0 Å². The fourth-order valence-corrected chi connectivity index (χ4v) is 4.96. The number of imidazole rings is 1. The number of rotatable bonds is 6. The summed E-state index contributed by atoms with van der Waals surface area (Å²) in [6.07, 6.45) is 1.62. The van der Waals surface area contributed by atoms with Gasteiger partial charge in [-0.1, -0.05) is 29.8 Å². The van der Waals surface area contributed by atoms with Crippen LogP contribution >= 0.6 is 11.6 Å². The molecule has 0 aliphatic carbocycles. The van der Waals surface area contributed by atoms with Crippen molar-refractivity contribution in [2.45, 2.75) is 25.9 Å². The normalized spacial score (nSPS) is 14.5. The molecule has 198 valence electrons. The zero-order chi connectivity index (χ0) is 28.0. The van der Waals surface area contributed by atoms with Crippen LogP contribution in [0, 0.1) is 17.1 Å². The molecule has 2 aromatic carbocycles. The lowest BCUT2D eigenvalue weighted by molar-refractivity contribution is 0.0988. The van der Waals surface area contributed by atoms with Crippen LogP contribution in [-0.2, 0) is 0 Å². The van der Waals surface area contributed by atoms with Crippen LogP contribution in [0.2, 0.25) is 5.02 Å². The molecule has 3 heterocycles. The Balaban J connectivity index is 1.78. The van der Waals surface area contributed by atoms with Crippen LogP contribution < -0.4 is 14.5 Å². The molecule has 1 unspecified atom stereocenters. The summed E-state index contributed by atoms with van der Waals surface area (Å²) < 4.78 is 22.8. The minimum atomic E-state index is -0.746.